The Morgan fingerprint density at radius 2 is 1.95 bits per heavy atom. The van der Waals surface area contributed by atoms with Gasteiger partial charge in [-0.25, -0.2) is 0 Å². The van der Waals surface area contributed by atoms with Crippen molar-refractivity contribution in [3.05, 3.63) is 24.3 Å². The Balaban J connectivity index is 1.92. The molecular weight excluding hydrogens is 236 g/mol. The fourth-order valence-corrected chi connectivity index (χ4v) is 2.94. The summed E-state index contributed by atoms with van der Waals surface area (Å²) in [4.78, 5) is 2.11. The second-order valence-corrected chi connectivity index (χ2v) is 5.81. The van der Waals surface area contributed by atoms with Crippen molar-refractivity contribution in [1.29, 1.82) is 0 Å². The van der Waals surface area contributed by atoms with Crippen LogP contribution < -0.4 is 10.2 Å². The highest BCUT2D eigenvalue weighted by Gasteiger charge is 2.23. The molecule has 0 heterocycles. The Morgan fingerprint density at radius 3 is 2.63 bits per heavy atom. The minimum atomic E-state index is 0.337. The van der Waals surface area contributed by atoms with Gasteiger partial charge in [-0.2, -0.15) is 0 Å². The molecule has 0 amide bonds. The Labute approximate surface area is 116 Å². The Bertz CT molecular complexity index is 392. The van der Waals surface area contributed by atoms with Crippen LogP contribution in [0.1, 0.15) is 25.7 Å². The van der Waals surface area contributed by atoms with E-state index < -0.39 is 0 Å². The van der Waals surface area contributed by atoms with Gasteiger partial charge in [-0.3, -0.25) is 0 Å². The van der Waals surface area contributed by atoms with Gasteiger partial charge in [-0.05, 0) is 42.9 Å². The molecule has 2 unspecified atom stereocenters. The highest BCUT2D eigenvalue weighted by Crippen LogP contribution is 2.30. The number of aliphatic hydroxyl groups excluding tert-OH is 1. The largest absolute Gasteiger partial charge is 0.396 e. The number of nitrogens with zero attached hydrogens (tertiary/aromatic N) is 1. The van der Waals surface area contributed by atoms with Gasteiger partial charge in [0.25, 0.3) is 0 Å². The van der Waals surface area contributed by atoms with Gasteiger partial charge < -0.3 is 15.3 Å². The quantitative estimate of drug-likeness (QED) is 0.856. The van der Waals surface area contributed by atoms with Crippen LogP contribution in [0.2, 0.25) is 0 Å². The first-order valence-corrected chi connectivity index (χ1v) is 7.33. The summed E-state index contributed by atoms with van der Waals surface area (Å²) in [5.41, 5.74) is 2.39. The molecule has 106 valence electrons. The smallest absolute Gasteiger partial charge is 0.0462 e. The lowest BCUT2D eigenvalue weighted by atomic mass is 9.79. The molecule has 0 aromatic heterocycles. The molecule has 0 aliphatic heterocycles. The van der Waals surface area contributed by atoms with Gasteiger partial charge >= 0.3 is 0 Å². The molecule has 0 spiro atoms. The number of anilines is 2. The van der Waals surface area contributed by atoms with Crippen molar-refractivity contribution in [2.45, 2.75) is 25.7 Å². The molecule has 19 heavy (non-hydrogen) atoms. The van der Waals surface area contributed by atoms with E-state index in [-0.39, 0.29) is 0 Å². The molecular formula is C16H26N2O. The monoisotopic (exact) mass is 262 g/mol. The molecule has 1 aliphatic carbocycles. The summed E-state index contributed by atoms with van der Waals surface area (Å²) in [6.45, 7) is 1.31. The average Bonchev–Trinajstić information content (AvgIpc) is 2.45. The van der Waals surface area contributed by atoms with Crippen molar-refractivity contribution in [3.63, 3.8) is 0 Å². The molecule has 3 heteroatoms. The predicted octanol–water partition coefficient (Wildman–Crippen LogP) is 2.96. The van der Waals surface area contributed by atoms with E-state index in [1.165, 1.54) is 37.1 Å². The molecule has 3 nitrogen and oxygen atoms in total. The van der Waals surface area contributed by atoms with Crippen molar-refractivity contribution in [1.82, 2.24) is 0 Å². The Hall–Kier alpha value is -1.22. The minimum Gasteiger partial charge on any atom is -0.396 e. The van der Waals surface area contributed by atoms with Crippen LogP contribution in [0.15, 0.2) is 24.3 Å². The van der Waals surface area contributed by atoms with Crippen LogP contribution in [0.4, 0.5) is 11.4 Å². The maximum atomic E-state index is 9.44. The van der Waals surface area contributed by atoms with Gasteiger partial charge in [0.05, 0.1) is 0 Å². The van der Waals surface area contributed by atoms with E-state index in [2.05, 4.69) is 48.6 Å². The van der Waals surface area contributed by atoms with Crippen molar-refractivity contribution < 1.29 is 5.11 Å². The Kier molecular flexibility index (Phi) is 5.08. The van der Waals surface area contributed by atoms with Crippen molar-refractivity contribution >= 4 is 11.4 Å². The molecule has 1 fully saturated rings. The molecule has 2 N–H and O–H groups in total. The van der Waals surface area contributed by atoms with Crippen molar-refractivity contribution in [2.24, 2.45) is 11.8 Å². The molecule has 1 aromatic rings. The number of hydrogen-bond acceptors (Lipinski definition) is 3. The standard InChI is InChI=1S/C16H26N2O/c1-18(2)16-9-5-8-15(10-16)17-11-13-6-3-4-7-14(13)12-19/h5,8-10,13-14,17,19H,3-4,6-7,11-12H2,1-2H3. The number of nitrogens with one attached hydrogen (secondary N) is 1. The number of aliphatic hydroxyl groups is 1. The molecule has 0 saturated heterocycles. The summed E-state index contributed by atoms with van der Waals surface area (Å²) in [7, 11) is 4.12. The predicted molar refractivity (Wildman–Crippen MR) is 81.8 cm³/mol. The van der Waals surface area contributed by atoms with E-state index in [0.29, 0.717) is 18.4 Å². The SMILES string of the molecule is CN(C)c1cccc(NCC2CCCCC2CO)c1. The fraction of sp³-hybridized carbons (Fsp3) is 0.625. The second kappa shape index (κ2) is 6.80. The lowest BCUT2D eigenvalue weighted by molar-refractivity contribution is 0.141. The van der Waals surface area contributed by atoms with Gasteiger partial charge in [-0.15, -0.1) is 0 Å². The van der Waals surface area contributed by atoms with E-state index in [1.54, 1.807) is 0 Å². The maximum absolute atomic E-state index is 9.44. The zero-order chi connectivity index (χ0) is 13.7. The third-order valence-corrected chi connectivity index (χ3v) is 4.23. The third-order valence-electron chi connectivity index (χ3n) is 4.23. The number of hydrogen-bond donors (Lipinski definition) is 2. The lowest BCUT2D eigenvalue weighted by Gasteiger charge is -2.30. The summed E-state index contributed by atoms with van der Waals surface area (Å²) >= 11 is 0. The lowest BCUT2D eigenvalue weighted by Crippen LogP contribution is -2.28. The first kappa shape index (κ1) is 14.2. The van der Waals surface area contributed by atoms with Gasteiger partial charge in [-0.1, -0.05) is 18.9 Å². The number of benzene rings is 1. The van der Waals surface area contributed by atoms with E-state index in [9.17, 15) is 5.11 Å². The average molecular weight is 262 g/mol. The summed E-state index contributed by atoms with van der Waals surface area (Å²) in [5.74, 6) is 1.10. The molecule has 1 aliphatic rings. The van der Waals surface area contributed by atoms with E-state index in [1.807, 2.05) is 0 Å². The zero-order valence-electron chi connectivity index (χ0n) is 12.1. The van der Waals surface area contributed by atoms with Crippen molar-refractivity contribution in [2.75, 3.05) is 37.5 Å². The molecule has 1 saturated carbocycles. The highest BCUT2D eigenvalue weighted by molar-refractivity contribution is 5.57. The third kappa shape index (κ3) is 3.87. The Morgan fingerprint density at radius 1 is 1.21 bits per heavy atom. The first-order valence-electron chi connectivity index (χ1n) is 7.33. The second-order valence-electron chi connectivity index (χ2n) is 5.81. The molecule has 2 atom stereocenters. The molecule has 2 rings (SSSR count). The van der Waals surface area contributed by atoms with Crippen LogP contribution in [0.3, 0.4) is 0 Å². The summed E-state index contributed by atoms with van der Waals surface area (Å²) in [6, 6.07) is 8.49. The summed E-state index contributed by atoms with van der Waals surface area (Å²) < 4.78 is 0. The van der Waals surface area contributed by atoms with Crippen LogP contribution in [0.25, 0.3) is 0 Å². The summed E-state index contributed by atoms with van der Waals surface area (Å²) in [5, 5.41) is 13.0. The first-order chi connectivity index (χ1) is 9.20. The van der Waals surface area contributed by atoms with Crippen molar-refractivity contribution in [3.8, 4) is 0 Å². The van der Waals surface area contributed by atoms with Gasteiger partial charge in [0.1, 0.15) is 0 Å². The fourth-order valence-electron chi connectivity index (χ4n) is 2.94. The van der Waals surface area contributed by atoms with Gasteiger partial charge in [0.15, 0.2) is 0 Å². The zero-order valence-corrected chi connectivity index (χ0v) is 12.1. The summed E-state index contributed by atoms with van der Waals surface area (Å²) in [6.07, 6.45) is 5.00. The number of rotatable bonds is 5. The van der Waals surface area contributed by atoms with Gasteiger partial charge in [0.2, 0.25) is 0 Å². The van der Waals surface area contributed by atoms with Crippen LogP contribution in [0, 0.1) is 11.8 Å². The van der Waals surface area contributed by atoms with Crippen LogP contribution in [-0.2, 0) is 0 Å². The molecule has 1 aromatic carbocycles. The van der Waals surface area contributed by atoms with E-state index >= 15 is 0 Å². The molecule has 0 bridgehead atoms. The van der Waals surface area contributed by atoms with Crippen LogP contribution in [0.5, 0.6) is 0 Å². The minimum absolute atomic E-state index is 0.337. The van der Waals surface area contributed by atoms with E-state index in [4.69, 9.17) is 0 Å². The normalized spacial score (nSPS) is 23.1. The maximum Gasteiger partial charge on any atom is 0.0462 e. The molecule has 0 radical (unpaired) electrons. The van der Waals surface area contributed by atoms with E-state index in [0.717, 1.165) is 6.54 Å². The van der Waals surface area contributed by atoms with Crippen LogP contribution in [-0.4, -0.2) is 32.4 Å². The van der Waals surface area contributed by atoms with Crippen LogP contribution >= 0.6 is 0 Å². The van der Waals surface area contributed by atoms with Gasteiger partial charge in [0, 0.05) is 38.6 Å². The highest BCUT2D eigenvalue weighted by atomic mass is 16.3. The topological polar surface area (TPSA) is 35.5 Å².